The summed E-state index contributed by atoms with van der Waals surface area (Å²) in [4.78, 5) is 14.8. The smallest absolute Gasteiger partial charge is 0.251 e. The Kier molecular flexibility index (Phi) is 7.13. The third-order valence-electron chi connectivity index (χ3n) is 5.03. The maximum Gasteiger partial charge on any atom is 0.251 e. The van der Waals surface area contributed by atoms with E-state index in [0.717, 1.165) is 6.26 Å². The minimum atomic E-state index is -3.44. The number of halogens is 2. The first-order valence-electron chi connectivity index (χ1n) is 9.54. The number of hydrogen-bond acceptors (Lipinski definition) is 5. The number of carbonyl (C=O) groups is 1. The van der Waals surface area contributed by atoms with Gasteiger partial charge in [-0.1, -0.05) is 23.7 Å². The summed E-state index contributed by atoms with van der Waals surface area (Å²) in [6.07, 6.45) is 1.05. The fourth-order valence-corrected chi connectivity index (χ4v) is 4.49. The predicted molar refractivity (Wildman–Crippen MR) is 113 cm³/mol. The van der Waals surface area contributed by atoms with Crippen LogP contribution in [0.25, 0.3) is 0 Å². The van der Waals surface area contributed by atoms with Crippen molar-refractivity contribution >= 4 is 27.3 Å². The fourth-order valence-electron chi connectivity index (χ4n) is 3.53. The molecule has 1 aliphatic heterocycles. The molecule has 30 heavy (non-hydrogen) atoms. The summed E-state index contributed by atoms with van der Waals surface area (Å²) in [5, 5.41) is 3.09. The van der Waals surface area contributed by atoms with Crippen molar-refractivity contribution < 1.29 is 22.3 Å². The molecule has 0 spiro atoms. The van der Waals surface area contributed by atoms with Crippen molar-refractivity contribution in [3.05, 3.63) is 64.4 Å². The van der Waals surface area contributed by atoms with Gasteiger partial charge in [0.15, 0.2) is 9.84 Å². The lowest BCUT2D eigenvalue weighted by Crippen LogP contribution is -2.47. The van der Waals surface area contributed by atoms with Gasteiger partial charge in [-0.25, -0.2) is 12.8 Å². The van der Waals surface area contributed by atoms with Gasteiger partial charge >= 0.3 is 0 Å². The third kappa shape index (κ3) is 5.37. The Morgan fingerprint density at radius 3 is 2.73 bits per heavy atom. The van der Waals surface area contributed by atoms with Gasteiger partial charge in [0, 0.05) is 42.0 Å². The molecule has 6 nitrogen and oxygen atoms in total. The van der Waals surface area contributed by atoms with Crippen molar-refractivity contribution in [2.45, 2.75) is 24.0 Å². The van der Waals surface area contributed by atoms with Gasteiger partial charge in [-0.3, -0.25) is 9.69 Å². The molecule has 2 atom stereocenters. The second-order valence-electron chi connectivity index (χ2n) is 7.34. The molecule has 2 aromatic carbocycles. The Morgan fingerprint density at radius 2 is 2.07 bits per heavy atom. The van der Waals surface area contributed by atoms with Gasteiger partial charge < -0.3 is 10.1 Å². The van der Waals surface area contributed by atoms with E-state index >= 15 is 0 Å². The molecule has 9 heteroatoms. The molecule has 3 rings (SSSR count). The number of morpholine rings is 1. The molecule has 0 saturated carbocycles. The van der Waals surface area contributed by atoms with Crippen LogP contribution >= 0.6 is 11.6 Å². The van der Waals surface area contributed by atoms with Crippen LogP contribution in [0.3, 0.4) is 0 Å². The highest BCUT2D eigenvalue weighted by atomic mass is 35.5. The van der Waals surface area contributed by atoms with Gasteiger partial charge in [-0.05, 0) is 37.3 Å². The number of nitrogens with one attached hydrogen (secondary N) is 1. The number of sulfone groups is 1. The highest BCUT2D eigenvalue weighted by Crippen LogP contribution is 2.31. The number of carbonyl (C=O) groups excluding carboxylic acids is 1. The van der Waals surface area contributed by atoms with Gasteiger partial charge in [0.05, 0.1) is 23.6 Å². The Balaban J connectivity index is 1.84. The van der Waals surface area contributed by atoms with Crippen molar-refractivity contribution in [1.29, 1.82) is 0 Å². The number of nitrogens with zero attached hydrogens (tertiary/aromatic N) is 1. The van der Waals surface area contributed by atoms with Crippen LogP contribution in [0.15, 0.2) is 47.4 Å². The lowest BCUT2D eigenvalue weighted by Gasteiger charge is -2.38. The molecular weight excluding hydrogens is 431 g/mol. The second-order valence-corrected chi connectivity index (χ2v) is 9.76. The van der Waals surface area contributed by atoms with Crippen LogP contribution in [-0.2, 0) is 14.6 Å². The maximum absolute atomic E-state index is 14.7. The van der Waals surface area contributed by atoms with Crippen LogP contribution in [0.1, 0.15) is 28.9 Å². The summed E-state index contributed by atoms with van der Waals surface area (Å²) in [5.74, 6) is -0.890. The van der Waals surface area contributed by atoms with E-state index in [1.807, 2.05) is 11.8 Å². The van der Waals surface area contributed by atoms with Crippen LogP contribution in [-0.4, -0.2) is 57.8 Å². The minimum Gasteiger partial charge on any atom is -0.376 e. The average Bonchev–Trinajstić information content (AvgIpc) is 2.69. The molecule has 1 N–H and O–H groups in total. The number of rotatable bonds is 6. The zero-order valence-corrected chi connectivity index (χ0v) is 18.3. The van der Waals surface area contributed by atoms with Crippen LogP contribution in [0, 0.1) is 5.82 Å². The van der Waals surface area contributed by atoms with E-state index < -0.39 is 27.6 Å². The van der Waals surface area contributed by atoms with E-state index in [2.05, 4.69) is 5.32 Å². The van der Waals surface area contributed by atoms with Crippen molar-refractivity contribution in [2.24, 2.45) is 0 Å². The van der Waals surface area contributed by atoms with E-state index in [0.29, 0.717) is 25.3 Å². The summed E-state index contributed by atoms with van der Waals surface area (Å²) in [5.41, 5.74) is 0.533. The first-order chi connectivity index (χ1) is 14.2. The first kappa shape index (κ1) is 22.7. The molecule has 0 aliphatic carbocycles. The Morgan fingerprint density at radius 1 is 1.33 bits per heavy atom. The first-order valence-corrected chi connectivity index (χ1v) is 11.8. The number of benzene rings is 2. The van der Waals surface area contributed by atoms with Gasteiger partial charge in [0.1, 0.15) is 5.82 Å². The molecule has 0 radical (unpaired) electrons. The van der Waals surface area contributed by atoms with Crippen molar-refractivity contribution in [3.63, 3.8) is 0 Å². The molecular formula is C21H24ClFN2O4S. The maximum atomic E-state index is 14.7. The van der Waals surface area contributed by atoms with Crippen molar-refractivity contribution in [3.8, 4) is 0 Å². The van der Waals surface area contributed by atoms with Gasteiger partial charge in [0.25, 0.3) is 5.91 Å². The number of ether oxygens (including phenoxy) is 1. The molecule has 1 fully saturated rings. The molecule has 2 unspecified atom stereocenters. The Bertz CT molecular complexity index is 1010. The molecule has 0 aromatic heterocycles. The van der Waals surface area contributed by atoms with Crippen LogP contribution in [0.2, 0.25) is 5.02 Å². The lowest BCUT2D eigenvalue weighted by molar-refractivity contribution is -0.0346. The SMILES string of the molecule is CC1CN(C(CNC(=O)c2cccc(S(C)(=O)=O)c2)c2c(F)cccc2Cl)CCO1. The van der Waals surface area contributed by atoms with Crippen LogP contribution < -0.4 is 5.32 Å². The van der Waals surface area contributed by atoms with E-state index in [4.69, 9.17) is 16.3 Å². The number of hydrogen-bond donors (Lipinski definition) is 1. The van der Waals surface area contributed by atoms with Gasteiger partial charge in [0.2, 0.25) is 0 Å². The van der Waals surface area contributed by atoms with E-state index in [9.17, 15) is 17.6 Å². The summed E-state index contributed by atoms with van der Waals surface area (Å²) in [6, 6.07) is 9.81. The van der Waals surface area contributed by atoms with Gasteiger partial charge in [-0.15, -0.1) is 0 Å². The quantitative estimate of drug-likeness (QED) is 0.726. The van der Waals surface area contributed by atoms with E-state index in [1.54, 1.807) is 6.07 Å². The van der Waals surface area contributed by atoms with Crippen LogP contribution in [0.4, 0.5) is 4.39 Å². The van der Waals surface area contributed by atoms with E-state index in [-0.39, 0.29) is 28.1 Å². The topological polar surface area (TPSA) is 75.7 Å². The van der Waals surface area contributed by atoms with Crippen molar-refractivity contribution in [1.82, 2.24) is 10.2 Å². The largest absolute Gasteiger partial charge is 0.376 e. The van der Waals surface area contributed by atoms with Crippen LogP contribution in [0.5, 0.6) is 0 Å². The second kappa shape index (κ2) is 9.43. The highest BCUT2D eigenvalue weighted by Gasteiger charge is 2.29. The Hall–Kier alpha value is -2.00. The van der Waals surface area contributed by atoms with E-state index in [1.165, 1.54) is 36.4 Å². The normalized spacial score (nSPS) is 18.7. The molecule has 1 aliphatic rings. The molecule has 2 aromatic rings. The van der Waals surface area contributed by atoms with Crippen molar-refractivity contribution in [2.75, 3.05) is 32.5 Å². The third-order valence-corrected chi connectivity index (χ3v) is 6.47. The summed E-state index contributed by atoms with van der Waals surface area (Å²) < 4.78 is 43.8. The average molecular weight is 455 g/mol. The predicted octanol–water partition coefficient (Wildman–Crippen LogP) is 3.07. The minimum absolute atomic E-state index is 0.0334. The standard InChI is InChI=1S/C21H24ClFN2O4S/c1-14-13-25(9-10-29-14)19(20-17(22)7-4-8-18(20)23)12-24-21(26)15-5-3-6-16(11-15)30(2,27)28/h3-8,11,14,19H,9-10,12-13H2,1-2H3,(H,24,26). The molecule has 0 bridgehead atoms. The fraction of sp³-hybridized carbons (Fsp3) is 0.381. The molecule has 162 valence electrons. The summed E-state index contributed by atoms with van der Waals surface area (Å²) in [7, 11) is -3.44. The zero-order chi connectivity index (χ0) is 21.9. The summed E-state index contributed by atoms with van der Waals surface area (Å²) in [6.45, 7) is 3.67. The molecule has 1 amide bonds. The summed E-state index contributed by atoms with van der Waals surface area (Å²) >= 11 is 6.31. The zero-order valence-electron chi connectivity index (χ0n) is 16.8. The lowest BCUT2D eigenvalue weighted by atomic mass is 10.0. The molecule has 1 heterocycles. The highest BCUT2D eigenvalue weighted by molar-refractivity contribution is 7.90. The van der Waals surface area contributed by atoms with Gasteiger partial charge in [-0.2, -0.15) is 0 Å². The Labute approximate surface area is 180 Å². The molecule has 1 saturated heterocycles. The number of amides is 1. The monoisotopic (exact) mass is 454 g/mol.